The molecule has 1 saturated heterocycles. The van der Waals surface area contributed by atoms with Gasteiger partial charge in [-0.15, -0.1) is 6.58 Å². The van der Waals surface area contributed by atoms with E-state index in [9.17, 15) is 19.8 Å². The van der Waals surface area contributed by atoms with Crippen molar-refractivity contribution in [3.8, 4) is 0 Å². The summed E-state index contributed by atoms with van der Waals surface area (Å²) in [4.78, 5) is 25.1. The zero-order valence-corrected chi connectivity index (χ0v) is 9.96. The topological polar surface area (TPSA) is 89.9 Å². The number of hydrogen-bond donors (Lipinski definition) is 3. The van der Waals surface area contributed by atoms with E-state index < -0.39 is 23.3 Å². The molecule has 3 rings (SSSR count). The number of ketones is 1. The molecule has 2 amide bonds. The number of rotatable bonds is 2. The van der Waals surface area contributed by atoms with E-state index >= 15 is 0 Å². The Kier molecular flexibility index (Phi) is 2.15. The lowest BCUT2D eigenvalue weighted by molar-refractivity contribution is -0.171. The number of benzene rings is 1. The lowest BCUT2D eigenvalue weighted by Crippen LogP contribution is -2.59. The second-order valence-electron chi connectivity index (χ2n) is 4.59. The van der Waals surface area contributed by atoms with Gasteiger partial charge in [0.25, 0.3) is 5.72 Å². The number of carbonyl (C=O) groups excluding carboxylic acids is 2. The highest BCUT2D eigenvalue weighted by atomic mass is 16.4. The van der Waals surface area contributed by atoms with Gasteiger partial charge in [-0.2, -0.15) is 0 Å². The maximum atomic E-state index is 12.2. The second-order valence-corrected chi connectivity index (χ2v) is 4.59. The zero-order valence-electron chi connectivity index (χ0n) is 9.96. The van der Waals surface area contributed by atoms with Gasteiger partial charge < -0.3 is 10.2 Å². The lowest BCUT2D eigenvalue weighted by Gasteiger charge is -2.34. The number of aliphatic hydroxyl groups is 2. The SMILES string of the molecule is C=CCN1C(=O)N[C@@]2(O)C(=O)c3ccccc3[C@@]12O. The first-order valence-corrected chi connectivity index (χ1v) is 5.76. The van der Waals surface area contributed by atoms with E-state index in [-0.39, 0.29) is 17.7 Å². The maximum Gasteiger partial charge on any atom is 0.323 e. The third-order valence-corrected chi connectivity index (χ3v) is 3.62. The zero-order chi connectivity index (χ0) is 13.8. The Morgan fingerprint density at radius 3 is 2.68 bits per heavy atom. The van der Waals surface area contributed by atoms with E-state index in [0.29, 0.717) is 0 Å². The van der Waals surface area contributed by atoms with Crippen molar-refractivity contribution in [1.82, 2.24) is 10.2 Å². The van der Waals surface area contributed by atoms with Crippen LogP contribution >= 0.6 is 0 Å². The summed E-state index contributed by atoms with van der Waals surface area (Å²) in [5.41, 5.74) is -4.05. The number of fused-ring (bicyclic) bond motifs is 3. The van der Waals surface area contributed by atoms with E-state index in [0.717, 1.165) is 4.90 Å². The van der Waals surface area contributed by atoms with Crippen LogP contribution in [0, 0.1) is 0 Å². The number of urea groups is 1. The molecule has 19 heavy (non-hydrogen) atoms. The van der Waals surface area contributed by atoms with Crippen molar-refractivity contribution < 1.29 is 19.8 Å². The van der Waals surface area contributed by atoms with Crippen LogP contribution in [0.5, 0.6) is 0 Å². The molecule has 1 aromatic rings. The number of Topliss-reactive ketones (excluding diaryl/α,β-unsaturated/α-hetero) is 1. The maximum absolute atomic E-state index is 12.2. The fraction of sp³-hybridized carbons (Fsp3) is 0.231. The van der Waals surface area contributed by atoms with Gasteiger partial charge in [-0.25, -0.2) is 4.79 Å². The molecule has 1 fully saturated rings. The smallest absolute Gasteiger partial charge is 0.323 e. The van der Waals surface area contributed by atoms with Gasteiger partial charge in [0.2, 0.25) is 11.5 Å². The third-order valence-electron chi connectivity index (χ3n) is 3.62. The minimum atomic E-state index is -2.35. The van der Waals surface area contributed by atoms with Gasteiger partial charge in [0.15, 0.2) is 0 Å². The molecule has 6 heteroatoms. The molecular formula is C13H12N2O4. The average molecular weight is 260 g/mol. The summed E-state index contributed by atoms with van der Waals surface area (Å²) in [6.07, 6.45) is 1.41. The minimum Gasteiger partial charge on any atom is -0.362 e. The highest BCUT2D eigenvalue weighted by Crippen LogP contribution is 2.48. The van der Waals surface area contributed by atoms with Crippen LogP contribution < -0.4 is 5.32 Å². The van der Waals surface area contributed by atoms with Crippen LogP contribution in [0.3, 0.4) is 0 Å². The van der Waals surface area contributed by atoms with Crippen molar-refractivity contribution in [3.63, 3.8) is 0 Å². The molecular weight excluding hydrogens is 248 g/mol. The van der Waals surface area contributed by atoms with Gasteiger partial charge in [0.1, 0.15) is 0 Å². The first-order chi connectivity index (χ1) is 8.96. The molecule has 6 nitrogen and oxygen atoms in total. The molecule has 0 radical (unpaired) electrons. The van der Waals surface area contributed by atoms with Gasteiger partial charge in [0, 0.05) is 17.7 Å². The first kappa shape index (κ1) is 11.9. The van der Waals surface area contributed by atoms with Gasteiger partial charge in [-0.1, -0.05) is 30.3 Å². The van der Waals surface area contributed by atoms with Crippen molar-refractivity contribution in [3.05, 3.63) is 48.0 Å². The van der Waals surface area contributed by atoms with Crippen LogP contribution in [0.2, 0.25) is 0 Å². The van der Waals surface area contributed by atoms with Crippen LogP contribution in [0.25, 0.3) is 0 Å². The van der Waals surface area contributed by atoms with E-state index in [4.69, 9.17) is 0 Å². The summed E-state index contributed by atoms with van der Waals surface area (Å²) < 4.78 is 0. The second kappa shape index (κ2) is 3.43. The molecule has 1 aromatic carbocycles. The Hall–Kier alpha value is -2.18. The molecule has 0 bridgehead atoms. The molecule has 0 aromatic heterocycles. The number of nitrogens with one attached hydrogen (secondary N) is 1. The molecule has 2 atom stereocenters. The van der Waals surface area contributed by atoms with Crippen LogP contribution in [0.15, 0.2) is 36.9 Å². The van der Waals surface area contributed by atoms with Gasteiger partial charge in [0.05, 0.1) is 0 Å². The van der Waals surface area contributed by atoms with Crippen LogP contribution in [-0.4, -0.2) is 39.2 Å². The predicted molar refractivity (Wildman–Crippen MR) is 65.1 cm³/mol. The van der Waals surface area contributed by atoms with Gasteiger partial charge >= 0.3 is 6.03 Å². The minimum absolute atomic E-state index is 0.00621. The summed E-state index contributed by atoms with van der Waals surface area (Å²) in [6.45, 7) is 3.51. The number of nitrogens with zero attached hydrogens (tertiary/aromatic N) is 1. The molecule has 3 N–H and O–H groups in total. The number of amides is 2. The summed E-state index contributed by atoms with van der Waals surface area (Å²) in [6, 6.07) is 5.56. The van der Waals surface area contributed by atoms with Crippen molar-refractivity contribution in [2.24, 2.45) is 0 Å². The van der Waals surface area contributed by atoms with Gasteiger partial charge in [-0.3, -0.25) is 15.0 Å². The van der Waals surface area contributed by atoms with Crippen LogP contribution in [0.4, 0.5) is 4.79 Å². The fourth-order valence-electron chi connectivity index (χ4n) is 2.73. The molecule has 0 unspecified atom stereocenters. The Bertz CT molecular complexity index is 614. The molecule has 1 aliphatic carbocycles. The molecule has 1 heterocycles. The summed E-state index contributed by atoms with van der Waals surface area (Å²) in [5.74, 6) is -0.717. The Balaban J connectivity index is 2.28. The summed E-state index contributed by atoms with van der Waals surface area (Å²) >= 11 is 0. The summed E-state index contributed by atoms with van der Waals surface area (Å²) in [5, 5.41) is 23.4. The lowest BCUT2D eigenvalue weighted by atomic mass is 9.99. The average Bonchev–Trinajstić information content (AvgIpc) is 2.69. The van der Waals surface area contributed by atoms with Crippen LogP contribution in [-0.2, 0) is 5.72 Å². The molecule has 0 saturated carbocycles. The molecule has 1 aliphatic heterocycles. The largest absolute Gasteiger partial charge is 0.362 e. The van der Waals surface area contributed by atoms with E-state index in [1.54, 1.807) is 12.1 Å². The van der Waals surface area contributed by atoms with Gasteiger partial charge in [-0.05, 0) is 0 Å². The Morgan fingerprint density at radius 1 is 1.32 bits per heavy atom. The van der Waals surface area contributed by atoms with Crippen molar-refractivity contribution >= 4 is 11.8 Å². The Morgan fingerprint density at radius 2 is 2.00 bits per heavy atom. The van der Waals surface area contributed by atoms with Crippen molar-refractivity contribution in [2.45, 2.75) is 11.4 Å². The number of hydrogen-bond acceptors (Lipinski definition) is 4. The molecule has 2 aliphatic rings. The highest BCUT2D eigenvalue weighted by Gasteiger charge is 2.71. The molecule has 0 spiro atoms. The fourth-order valence-corrected chi connectivity index (χ4v) is 2.73. The van der Waals surface area contributed by atoms with E-state index in [2.05, 4.69) is 11.9 Å². The predicted octanol–water partition coefficient (Wildman–Crippen LogP) is -0.0722. The standard InChI is InChI=1S/C13H12N2O4/c1-2-7-15-11(17)14-12(18)10(16)8-5-3-4-6-9(8)13(12,15)19/h2-6,18-19H,1,7H2,(H,14,17)/t12-,13+/m1/s1. The highest BCUT2D eigenvalue weighted by molar-refractivity contribution is 6.11. The van der Waals surface area contributed by atoms with E-state index in [1.807, 2.05) is 0 Å². The number of carbonyl (C=O) groups is 2. The first-order valence-electron chi connectivity index (χ1n) is 5.76. The van der Waals surface area contributed by atoms with Crippen molar-refractivity contribution in [1.29, 1.82) is 0 Å². The Labute approximate surface area is 109 Å². The molecule has 98 valence electrons. The monoisotopic (exact) mass is 260 g/mol. The quantitative estimate of drug-likeness (QED) is 0.649. The normalized spacial score (nSPS) is 32.0. The van der Waals surface area contributed by atoms with E-state index in [1.165, 1.54) is 18.2 Å². The third kappa shape index (κ3) is 1.13. The van der Waals surface area contributed by atoms with Crippen molar-refractivity contribution in [2.75, 3.05) is 6.54 Å². The van der Waals surface area contributed by atoms with Crippen LogP contribution in [0.1, 0.15) is 15.9 Å². The summed E-state index contributed by atoms with van der Waals surface area (Å²) in [7, 11) is 0.